The fourth-order valence-electron chi connectivity index (χ4n) is 1.55. The van der Waals surface area contributed by atoms with Crippen molar-refractivity contribution in [3.05, 3.63) is 23.8 Å². The molecule has 0 saturated heterocycles. The lowest BCUT2D eigenvalue weighted by Gasteiger charge is -2.13. The fourth-order valence-corrected chi connectivity index (χ4v) is 1.55. The monoisotopic (exact) mass is 208 g/mol. The third kappa shape index (κ3) is 2.22. The van der Waals surface area contributed by atoms with Crippen LogP contribution in [0, 0.1) is 0 Å². The molecule has 15 heavy (non-hydrogen) atoms. The Labute approximate surface area is 89.3 Å². The van der Waals surface area contributed by atoms with Crippen molar-refractivity contribution in [3.63, 3.8) is 0 Å². The second-order valence-electron chi connectivity index (χ2n) is 3.65. The zero-order chi connectivity index (χ0) is 10.7. The summed E-state index contributed by atoms with van der Waals surface area (Å²) >= 11 is 0. The molecule has 1 atom stereocenters. The number of hydrogen-bond donors (Lipinski definition) is 2. The van der Waals surface area contributed by atoms with Crippen molar-refractivity contribution >= 4 is 0 Å². The normalized spacial score (nSPS) is 16.9. The Morgan fingerprint density at radius 1 is 1.27 bits per heavy atom. The van der Waals surface area contributed by atoms with Gasteiger partial charge in [0.15, 0.2) is 11.5 Å². The number of fused-ring (bicyclic) bond motifs is 1. The zero-order valence-electron chi connectivity index (χ0n) is 8.82. The van der Waals surface area contributed by atoms with E-state index < -0.39 is 0 Å². The molecule has 2 rings (SSSR count). The van der Waals surface area contributed by atoms with Gasteiger partial charge >= 0.3 is 0 Å². The highest BCUT2D eigenvalue weighted by Crippen LogP contribution is 2.31. The number of nitrogens with two attached hydrogens (primary N) is 1. The van der Waals surface area contributed by atoms with E-state index in [0.717, 1.165) is 30.1 Å². The molecule has 1 heterocycles. The maximum Gasteiger partial charge on any atom is 0.161 e. The predicted octanol–water partition coefficient (Wildman–Crippen LogP) is 1.37. The maximum atomic E-state index is 5.59. The van der Waals surface area contributed by atoms with Crippen LogP contribution < -0.4 is 20.7 Å². The summed E-state index contributed by atoms with van der Waals surface area (Å²) in [6.45, 7) is 3.43. The topological polar surface area (TPSA) is 56.5 Å². The van der Waals surface area contributed by atoms with E-state index in [-0.39, 0.29) is 6.04 Å². The third-order valence-electron chi connectivity index (χ3n) is 2.52. The first-order valence-electron chi connectivity index (χ1n) is 5.17. The Morgan fingerprint density at radius 3 is 2.73 bits per heavy atom. The predicted molar refractivity (Wildman–Crippen MR) is 57.8 cm³/mol. The summed E-state index contributed by atoms with van der Waals surface area (Å²) in [5, 5.41) is 0. The smallest absolute Gasteiger partial charge is 0.161 e. The highest BCUT2D eigenvalue weighted by atomic mass is 16.5. The first kappa shape index (κ1) is 10.3. The second-order valence-corrected chi connectivity index (χ2v) is 3.65. The molecule has 1 aliphatic heterocycles. The fraction of sp³-hybridized carbons (Fsp3) is 0.455. The van der Waals surface area contributed by atoms with Crippen LogP contribution in [0.3, 0.4) is 0 Å². The Kier molecular flexibility index (Phi) is 3.08. The Morgan fingerprint density at radius 2 is 2.00 bits per heavy atom. The largest absolute Gasteiger partial charge is 0.490 e. The summed E-state index contributed by atoms with van der Waals surface area (Å²) in [6.07, 6.45) is 0.925. The third-order valence-corrected chi connectivity index (χ3v) is 2.52. The average molecular weight is 208 g/mol. The molecule has 0 unspecified atom stereocenters. The summed E-state index contributed by atoms with van der Waals surface area (Å²) in [7, 11) is 0. The van der Waals surface area contributed by atoms with Gasteiger partial charge in [0, 0.05) is 12.5 Å². The van der Waals surface area contributed by atoms with Crippen LogP contribution in [0.2, 0.25) is 0 Å². The maximum absolute atomic E-state index is 5.59. The van der Waals surface area contributed by atoms with Gasteiger partial charge in [-0.25, -0.2) is 0 Å². The molecule has 0 aromatic heterocycles. The standard InChI is InChI=1S/C11H16N2O2/c1-8(13-12)9-3-4-10-11(7-9)15-6-2-5-14-10/h3-4,7-8,13H,2,5-6,12H2,1H3/t8-/m1/s1. The van der Waals surface area contributed by atoms with Crippen LogP contribution in [0.5, 0.6) is 11.5 Å². The van der Waals surface area contributed by atoms with E-state index in [4.69, 9.17) is 15.3 Å². The van der Waals surface area contributed by atoms with Crippen LogP contribution in [0.25, 0.3) is 0 Å². The molecule has 82 valence electrons. The molecule has 1 aliphatic rings. The van der Waals surface area contributed by atoms with Crippen molar-refractivity contribution < 1.29 is 9.47 Å². The van der Waals surface area contributed by atoms with Gasteiger partial charge in [0.25, 0.3) is 0 Å². The summed E-state index contributed by atoms with van der Waals surface area (Å²) < 4.78 is 11.1. The molecule has 0 fully saturated rings. The lowest BCUT2D eigenvalue weighted by atomic mass is 10.1. The number of benzene rings is 1. The molecule has 1 aromatic carbocycles. The van der Waals surface area contributed by atoms with Crippen molar-refractivity contribution in [2.24, 2.45) is 5.84 Å². The van der Waals surface area contributed by atoms with Gasteiger partial charge in [-0.15, -0.1) is 0 Å². The molecule has 0 aliphatic carbocycles. The lowest BCUT2D eigenvalue weighted by molar-refractivity contribution is 0.297. The molecule has 0 radical (unpaired) electrons. The van der Waals surface area contributed by atoms with Crippen LogP contribution in [-0.2, 0) is 0 Å². The van der Waals surface area contributed by atoms with Crippen molar-refractivity contribution in [3.8, 4) is 11.5 Å². The molecule has 4 nitrogen and oxygen atoms in total. The van der Waals surface area contributed by atoms with E-state index in [9.17, 15) is 0 Å². The quantitative estimate of drug-likeness (QED) is 0.569. The van der Waals surface area contributed by atoms with Crippen molar-refractivity contribution in [1.29, 1.82) is 0 Å². The van der Waals surface area contributed by atoms with Gasteiger partial charge in [0.1, 0.15) is 0 Å². The van der Waals surface area contributed by atoms with Gasteiger partial charge in [-0.1, -0.05) is 6.07 Å². The molecule has 0 saturated carbocycles. The van der Waals surface area contributed by atoms with E-state index in [1.165, 1.54) is 0 Å². The number of hydrogen-bond acceptors (Lipinski definition) is 4. The van der Waals surface area contributed by atoms with Gasteiger partial charge in [0.05, 0.1) is 13.2 Å². The summed E-state index contributed by atoms with van der Waals surface area (Å²) in [5.74, 6) is 7.02. The Hall–Kier alpha value is -1.26. The summed E-state index contributed by atoms with van der Waals surface area (Å²) in [6, 6.07) is 6.02. The van der Waals surface area contributed by atoms with Gasteiger partial charge < -0.3 is 9.47 Å². The minimum absolute atomic E-state index is 0.113. The molecule has 0 amide bonds. The SMILES string of the molecule is C[C@@H](NN)c1ccc2c(c1)OCCCO2. The average Bonchev–Trinajstić information content (AvgIpc) is 2.51. The van der Waals surface area contributed by atoms with Gasteiger partial charge in [-0.3, -0.25) is 11.3 Å². The molecule has 1 aromatic rings. The van der Waals surface area contributed by atoms with E-state index >= 15 is 0 Å². The Bertz CT molecular complexity index is 341. The number of ether oxygens (including phenoxy) is 2. The van der Waals surface area contributed by atoms with Crippen molar-refractivity contribution in [2.45, 2.75) is 19.4 Å². The van der Waals surface area contributed by atoms with Crippen molar-refractivity contribution in [2.75, 3.05) is 13.2 Å². The first-order chi connectivity index (χ1) is 7.31. The van der Waals surface area contributed by atoms with Crippen LogP contribution >= 0.6 is 0 Å². The summed E-state index contributed by atoms with van der Waals surface area (Å²) in [4.78, 5) is 0. The minimum Gasteiger partial charge on any atom is -0.490 e. The lowest BCUT2D eigenvalue weighted by Crippen LogP contribution is -2.25. The minimum atomic E-state index is 0.113. The zero-order valence-corrected chi connectivity index (χ0v) is 8.82. The number of rotatable bonds is 2. The molecule has 0 bridgehead atoms. The van der Waals surface area contributed by atoms with Crippen LogP contribution in [-0.4, -0.2) is 13.2 Å². The highest BCUT2D eigenvalue weighted by Gasteiger charge is 2.12. The molecular formula is C11H16N2O2. The van der Waals surface area contributed by atoms with E-state index in [0.29, 0.717) is 6.61 Å². The van der Waals surface area contributed by atoms with Crippen LogP contribution in [0.4, 0.5) is 0 Å². The van der Waals surface area contributed by atoms with Crippen LogP contribution in [0.1, 0.15) is 24.9 Å². The van der Waals surface area contributed by atoms with E-state index in [2.05, 4.69) is 5.43 Å². The highest BCUT2D eigenvalue weighted by molar-refractivity contribution is 5.44. The molecule has 0 spiro atoms. The molecule has 3 N–H and O–H groups in total. The molecule has 4 heteroatoms. The Balaban J connectivity index is 2.27. The van der Waals surface area contributed by atoms with E-state index in [1.807, 2.05) is 25.1 Å². The first-order valence-corrected chi connectivity index (χ1v) is 5.17. The second kappa shape index (κ2) is 4.51. The van der Waals surface area contributed by atoms with Gasteiger partial charge in [0.2, 0.25) is 0 Å². The van der Waals surface area contributed by atoms with Crippen LogP contribution in [0.15, 0.2) is 18.2 Å². The number of nitrogens with one attached hydrogen (secondary N) is 1. The summed E-state index contributed by atoms with van der Waals surface area (Å²) in [5.41, 5.74) is 3.81. The number of hydrazine groups is 1. The van der Waals surface area contributed by atoms with Crippen molar-refractivity contribution in [1.82, 2.24) is 5.43 Å². The van der Waals surface area contributed by atoms with Gasteiger partial charge in [-0.2, -0.15) is 0 Å². The van der Waals surface area contributed by atoms with Gasteiger partial charge in [-0.05, 0) is 24.6 Å². The molecular weight excluding hydrogens is 192 g/mol. The van der Waals surface area contributed by atoms with E-state index in [1.54, 1.807) is 0 Å².